The number of rotatable bonds is 5. The lowest BCUT2D eigenvalue weighted by Gasteiger charge is -2.35. The summed E-state index contributed by atoms with van der Waals surface area (Å²) in [5, 5.41) is 10.1. The average molecular weight is 373 g/mol. The maximum atomic E-state index is 11.8. The van der Waals surface area contributed by atoms with Gasteiger partial charge in [-0.05, 0) is 76.5 Å². The van der Waals surface area contributed by atoms with Crippen LogP contribution in [0.5, 0.6) is 0 Å². The summed E-state index contributed by atoms with van der Waals surface area (Å²) in [6, 6.07) is 0. The molecule has 1 aliphatic rings. The number of allylic oxidation sites excluding steroid dienone is 8. The van der Waals surface area contributed by atoms with E-state index in [0.717, 1.165) is 29.6 Å². The molecule has 3 heteroatoms. The molecule has 0 fully saturated rings. The third-order valence-electron chi connectivity index (χ3n) is 4.68. The Kier molecular flexibility index (Phi) is 8.04. The van der Waals surface area contributed by atoms with E-state index in [1.54, 1.807) is 0 Å². The molecule has 1 N–H and O–H groups in total. The molecule has 0 saturated carbocycles. The standard InChI is InChI=1S/C24H36O3/c1-17(10-9-11-18(2)16-22(26)27-23(4,5)6)12-13-20-19(3)21(25)14-15-24(20,7)8/h9-13,16,21,25H,14-15H2,1-8H3. The quantitative estimate of drug-likeness (QED) is 0.375. The molecule has 0 aromatic heterocycles. The Morgan fingerprint density at radius 3 is 2.41 bits per heavy atom. The lowest BCUT2D eigenvalue weighted by molar-refractivity contribution is -0.148. The van der Waals surface area contributed by atoms with Crippen molar-refractivity contribution in [1.29, 1.82) is 0 Å². The maximum absolute atomic E-state index is 11.8. The predicted molar refractivity (Wildman–Crippen MR) is 113 cm³/mol. The highest BCUT2D eigenvalue weighted by Crippen LogP contribution is 2.40. The second-order valence-electron chi connectivity index (χ2n) is 9.06. The Hall–Kier alpha value is -1.87. The molecule has 0 bridgehead atoms. The Labute approximate surface area is 165 Å². The molecular formula is C24H36O3. The lowest BCUT2D eigenvalue weighted by atomic mass is 9.71. The van der Waals surface area contributed by atoms with Crippen molar-refractivity contribution in [2.24, 2.45) is 5.41 Å². The molecule has 0 radical (unpaired) electrons. The topological polar surface area (TPSA) is 46.5 Å². The van der Waals surface area contributed by atoms with Crippen molar-refractivity contribution < 1.29 is 14.6 Å². The van der Waals surface area contributed by atoms with Crippen molar-refractivity contribution in [2.75, 3.05) is 0 Å². The third kappa shape index (κ3) is 8.13. The van der Waals surface area contributed by atoms with E-state index < -0.39 is 5.60 Å². The van der Waals surface area contributed by atoms with Crippen LogP contribution in [0.2, 0.25) is 0 Å². The van der Waals surface area contributed by atoms with Crippen LogP contribution >= 0.6 is 0 Å². The van der Waals surface area contributed by atoms with E-state index in [1.807, 2.05) is 59.8 Å². The van der Waals surface area contributed by atoms with Gasteiger partial charge in [-0.3, -0.25) is 0 Å². The number of esters is 1. The van der Waals surface area contributed by atoms with Crippen LogP contribution in [0.1, 0.15) is 68.2 Å². The Morgan fingerprint density at radius 1 is 1.19 bits per heavy atom. The fraction of sp³-hybridized carbons (Fsp3) is 0.542. The SMILES string of the molecule is CC(C=CC1=C(C)C(O)CCC1(C)C)=CC=CC(C)=CC(=O)OC(C)(C)C. The molecule has 0 saturated heterocycles. The fourth-order valence-electron chi connectivity index (χ4n) is 3.11. The van der Waals surface area contributed by atoms with Crippen molar-refractivity contribution in [3.05, 3.63) is 58.7 Å². The zero-order chi connectivity index (χ0) is 20.8. The third-order valence-corrected chi connectivity index (χ3v) is 4.68. The zero-order valence-corrected chi connectivity index (χ0v) is 18.2. The van der Waals surface area contributed by atoms with E-state index in [2.05, 4.69) is 26.0 Å². The maximum Gasteiger partial charge on any atom is 0.331 e. The molecule has 0 aromatic rings. The van der Waals surface area contributed by atoms with Crippen LogP contribution in [0, 0.1) is 5.41 Å². The first kappa shape index (κ1) is 23.2. The molecule has 1 atom stereocenters. The zero-order valence-electron chi connectivity index (χ0n) is 18.2. The van der Waals surface area contributed by atoms with E-state index in [9.17, 15) is 9.90 Å². The summed E-state index contributed by atoms with van der Waals surface area (Å²) in [5.41, 5.74) is 3.84. The Morgan fingerprint density at radius 2 is 1.81 bits per heavy atom. The van der Waals surface area contributed by atoms with Crippen molar-refractivity contribution in [3.63, 3.8) is 0 Å². The molecule has 0 aromatic carbocycles. The largest absolute Gasteiger partial charge is 0.457 e. The Bertz CT molecular complexity index is 692. The highest BCUT2D eigenvalue weighted by molar-refractivity contribution is 5.83. The summed E-state index contributed by atoms with van der Waals surface area (Å²) < 4.78 is 5.28. The van der Waals surface area contributed by atoms with Crippen LogP contribution in [0.15, 0.2) is 58.7 Å². The number of aliphatic hydroxyl groups excluding tert-OH is 1. The summed E-state index contributed by atoms with van der Waals surface area (Å²) in [7, 11) is 0. The van der Waals surface area contributed by atoms with Gasteiger partial charge in [0.15, 0.2) is 0 Å². The van der Waals surface area contributed by atoms with Gasteiger partial charge in [0.2, 0.25) is 0 Å². The van der Waals surface area contributed by atoms with Gasteiger partial charge in [-0.15, -0.1) is 0 Å². The molecular weight excluding hydrogens is 336 g/mol. The summed E-state index contributed by atoms with van der Waals surface area (Å²) >= 11 is 0. The van der Waals surface area contributed by atoms with E-state index in [0.29, 0.717) is 0 Å². The molecule has 3 nitrogen and oxygen atoms in total. The van der Waals surface area contributed by atoms with Crippen LogP contribution in [0.4, 0.5) is 0 Å². The molecule has 150 valence electrons. The van der Waals surface area contributed by atoms with E-state index >= 15 is 0 Å². The minimum Gasteiger partial charge on any atom is -0.457 e. The van der Waals surface area contributed by atoms with Gasteiger partial charge in [0.05, 0.1) is 6.10 Å². The van der Waals surface area contributed by atoms with Gasteiger partial charge < -0.3 is 9.84 Å². The minimum absolute atomic E-state index is 0.0860. The van der Waals surface area contributed by atoms with Crippen LogP contribution in [0.3, 0.4) is 0 Å². The molecule has 1 rings (SSSR count). The van der Waals surface area contributed by atoms with Crippen LogP contribution < -0.4 is 0 Å². The molecule has 0 spiro atoms. The minimum atomic E-state index is -0.480. The summed E-state index contributed by atoms with van der Waals surface area (Å²) in [5.74, 6) is -0.328. The van der Waals surface area contributed by atoms with E-state index in [4.69, 9.17) is 4.74 Å². The first-order valence-corrected chi connectivity index (χ1v) is 9.65. The molecule has 1 unspecified atom stereocenters. The summed E-state index contributed by atoms with van der Waals surface area (Å²) in [6.07, 6.45) is 13.0. The van der Waals surface area contributed by atoms with Crippen molar-refractivity contribution in [2.45, 2.75) is 79.9 Å². The lowest BCUT2D eigenvalue weighted by Crippen LogP contribution is -2.27. The highest BCUT2D eigenvalue weighted by atomic mass is 16.6. The van der Waals surface area contributed by atoms with Gasteiger partial charge in [0.25, 0.3) is 0 Å². The molecule has 0 aliphatic heterocycles. The fourth-order valence-corrected chi connectivity index (χ4v) is 3.11. The van der Waals surface area contributed by atoms with Gasteiger partial charge in [-0.25, -0.2) is 4.79 Å². The number of hydrogen-bond acceptors (Lipinski definition) is 3. The number of aliphatic hydroxyl groups is 1. The molecule has 0 amide bonds. The van der Waals surface area contributed by atoms with Gasteiger partial charge in [0.1, 0.15) is 5.60 Å². The predicted octanol–water partition coefficient (Wildman–Crippen LogP) is 5.83. The first-order valence-electron chi connectivity index (χ1n) is 9.65. The molecule has 27 heavy (non-hydrogen) atoms. The second kappa shape index (κ2) is 9.36. The van der Waals surface area contributed by atoms with Gasteiger partial charge in [0, 0.05) is 6.08 Å². The number of ether oxygens (including phenoxy) is 1. The van der Waals surface area contributed by atoms with Crippen molar-refractivity contribution >= 4 is 5.97 Å². The summed E-state index contributed by atoms with van der Waals surface area (Å²) in [6.45, 7) is 16.0. The van der Waals surface area contributed by atoms with E-state index in [-0.39, 0.29) is 17.5 Å². The number of carbonyl (C=O) groups excluding carboxylic acids is 1. The van der Waals surface area contributed by atoms with Crippen LogP contribution in [-0.2, 0) is 9.53 Å². The number of hydrogen-bond donors (Lipinski definition) is 1. The van der Waals surface area contributed by atoms with Gasteiger partial charge in [-0.2, -0.15) is 0 Å². The summed E-state index contributed by atoms with van der Waals surface area (Å²) in [4.78, 5) is 11.8. The molecule has 0 heterocycles. The van der Waals surface area contributed by atoms with Gasteiger partial charge >= 0.3 is 5.97 Å². The van der Waals surface area contributed by atoms with Crippen molar-refractivity contribution in [3.8, 4) is 0 Å². The van der Waals surface area contributed by atoms with Crippen LogP contribution in [-0.4, -0.2) is 22.8 Å². The second-order valence-corrected chi connectivity index (χ2v) is 9.06. The first-order chi connectivity index (χ1) is 12.3. The van der Waals surface area contributed by atoms with Crippen molar-refractivity contribution in [1.82, 2.24) is 0 Å². The molecule has 1 aliphatic carbocycles. The van der Waals surface area contributed by atoms with Crippen LogP contribution in [0.25, 0.3) is 0 Å². The smallest absolute Gasteiger partial charge is 0.331 e. The number of carbonyl (C=O) groups is 1. The van der Waals surface area contributed by atoms with Gasteiger partial charge in [-0.1, -0.05) is 49.8 Å². The average Bonchev–Trinajstić information content (AvgIpc) is 2.49. The Balaban J connectivity index is 2.79. The monoisotopic (exact) mass is 372 g/mol. The van der Waals surface area contributed by atoms with E-state index in [1.165, 1.54) is 11.6 Å². The highest BCUT2D eigenvalue weighted by Gasteiger charge is 2.30. The normalized spacial score (nSPS) is 22.0.